The zero-order chi connectivity index (χ0) is 13.0. The van der Waals surface area contributed by atoms with Crippen LogP contribution in [-0.2, 0) is 16.1 Å². The number of carbonyl (C=O) groups excluding carboxylic acids is 1. The van der Waals surface area contributed by atoms with Crippen LogP contribution in [0.1, 0.15) is 6.42 Å². The molecule has 0 spiro atoms. The highest BCUT2D eigenvalue weighted by molar-refractivity contribution is 5.75. The van der Waals surface area contributed by atoms with Crippen molar-refractivity contribution in [3.8, 4) is 0 Å². The lowest BCUT2D eigenvalue weighted by atomic mass is 10.1. The van der Waals surface area contributed by atoms with Gasteiger partial charge in [0, 0.05) is 31.3 Å². The Morgan fingerprint density at radius 3 is 3.06 bits per heavy atom. The van der Waals surface area contributed by atoms with Crippen LogP contribution in [-0.4, -0.2) is 35.2 Å². The van der Waals surface area contributed by atoms with Gasteiger partial charge in [-0.1, -0.05) is 0 Å². The number of ether oxygens (including phenoxy) is 1. The molecule has 2 N–H and O–H groups in total. The number of aromatic nitrogens is 2. The Balaban J connectivity index is 1.86. The molecule has 0 saturated carbocycles. The minimum Gasteiger partial charge on any atom is -0.381 e. The lowest BCUT2D eigenvalue weighted by Gasteiger charge is -2.10. The summed E-state index contributed by atoms with van der Waals surface area (Å²) in [7, 11) is 0. The van der Waals surface area contributed by atoms with Gasteiger partial charge in [-0.25, -0.2) is 4.79 Å². The number of nitrogens with zero attached hydrogens (tertiary/aromatic N) is 1. The molecule has 2 heterocycles. The van der Waals surface area contributed by atoms with E-state index < -0.39 is 11.2 Å². The van der Waals surface area contributed by atoms with E-state index in [0.29, 0.717) is 19.1 Å². The van der Waals surface area contributed by atoms with Crippen molar-refractivity contribution < 1.29 is 9.53 Å². The lowest BCUT2D eigenvalue weighted by molar-refractivity contribution is -0.121. The first-order chi connectivity index (χ1) is 8.65. The normalized spacial score (nSPS) is 18.8. The molecule has 1 aromatic rings. The Bertz CT molecular complexity index is 528. The van der Waals surface area contributed by atoms with Crippen LogP contribution in [0.5, 0.6) is 0 Å². The zero-order valence-electron chi connectivity index (χ0n) is 9.85. The van der Waals surface area contributed by atoms with E-state index in [0.717, 1.165) is 17.6 Å². The topological polar surface area (TPSA) is 93.2 Å². The van der Waals surface area contributed by atoms with Crippen molar-refractivity contribution in [2.24, 2.45) is 5.92 Å². The van der Waals surface area contributed by atoms with E-state index in [9.17, 15) is 14.4 Å². The Morgan fingerprint density at radius 2 is 2.39 bits per heavy atom. The van der Waals surface area contributed by atoms with E-state index in [4.69, 9.17) is 4.74 Å². The van der Waals surface area contributed by atoms with Crippen LogP contribution in [0, 0.1) is 5.92 Å². The summed E-state index contributed by atoms with van der Waals surface area (Å²) in [5, 5.41) is 2.74. The maximum atomic E-state index is 11.6. The molecule has 1 aliphatic rings. The van der Waals surface area contributed by atoms with Crippen molar-refractivity contribution in [1.29, 1.82) is 0 Å². The molecule has 1 amide bonds. The molecule has 98 valence electrons. The second-order valence-electron chi connectivity index (χ2n) is 4.27. The minimum atomic E-state index is -0.582. The summed E-state index contributed by atoms with van der Waals surface area (Å²) < 4.78 is 6.35. The third-order valence-electron chi connectivity index (χ3n) is 2.82. The van der Waals surface area contributed by atoms with Gasteiger partial charge in [0.2, 0.25) is 5.91 Å². The van der Waals surface area contributed by atoms with Crippen molar-refractivity contribution in [2.45, 2.75) is 13.0 Å². The van der Waals surface area contributed by atoms with Crippen molar-refractivity contribution in [3.05, 3.63) is 33.1 Å². The van der Waals surface area contributed by atoms with Gasteiger partial charge < -0.3 is 10.1 Å². The van der Waals surface area contributed by atoms with Crippen LogP contribution in [0.2, 0.25) is 0 Å². The van der Waals surface area contributed by atoms with Crippen LogP contribution < -0.4 is 16.6 Å². The third kappa shape index (κ3) is 3.30. The van der Waals surface area contributed by atoms with Crippen LogP contribution in [0.4, 0.5) is 0 Å². The van der Waals surface area contributed by atoms with Crippen molar-refractivity contribution in [2.75, 3.05) is 19.8 Å². The highest BCUT2D eigenvalue weighted by Gasteiger charge is 2.16. The van der Waals surface area contributed by atoms with Crippen LogP contribution in [0.15, 0.2) is 21.9 Å². The Morgan fingerprint density at radius 1 is 1.56 bits per heavy atom. The van der Waals surface area contributed by atoms with E-state index in [1.165, 1.54) is 12.3 Å². The van der Waals surface area contributed by atoms with Gasteiger partial charge in [0.05, 0.1) is 6.61 Å². The summed E-state index contributed by atoms with van der Waals surface area (Å²) in [4.78, 5) is 35.9. The molecule has 2 rings (SSSR count). The van der Waals surface area contributed by atoms with Crippen molar-refractivity contribution in [3.63, 3.8) is 0 Å². The molecular weight excluding hydrogens is 238 g/mol. The SMILES string of the molecule is O=C(Cn1ccc(=O)[nH]c1=O)NC[C@H]1CCOC1. The Hall–Kier alpha value is -1.89. The second kappa shape index (κ2) is 5.63. The number of carbonyl (C=O) groups is 1. The summed E-state index contributed by atoms with van der Waals surface area (Å²) in [6.45, 7) is 1.86. The number of aromatic amines is 1. The summed E-state index contributed by atoms with van der Waals surface area (Å²) in [5.74, 6) is 0.0947. The fourth-order valence-corrected chi connectivity index (χ4v) is 1.78. The van der Waals surface area contributed by atoms with Gasteiger partial charge in [0.1, 0.15) is 6.54 Å². The van der Waals surface area contributed by atoms with Gasteiger partial charge in [0.15, 0.2) is 0 Å². The highest BCUT2D eigenvalue weighted by atomic mass is 16.5. The molecule has 0 radical (unpaired) electrons. The molecule has 0 aliphatic carbocycles. The molecular formula is C11H15N3O4. The molecule has 7 nitrogen and oxygen atoms in total. The van der Waals surface area contributed by atoms with Gasteiger partial charge in [-0.15, -0.1) is 0 Å². The lowest BCUT2D eigenvalue weighted by Crippen LogP contribution is -2.37. The van der Waals surface area contributed by atoms with Gasteiger partial charge in [-0.05, 0) is 6.42 Å². The van der Waals surface area contributed by atoms with Crippen LogP contribution in [0.3, 0.4) is 0 Å². The number of rotatable bonds is 4. The van der Waals surface area contributed by atoms with E-state index in [1.807, 2.05) is 0 Å². The maximum absolute atomic E-state index is 11.6. The first-order valence-electron chi connectivity index (χ1n) is 5.79. The van der Waals surface area contributed by atoms with Crippen molar-refractivity contribution in [1.82, 2.24) is 14.9 Å². The quantitative estimate of drug-likeness (QED) is 0.696. The van der Waals surface area contributed by atoms with Crippen LogP contribution >= 0.6 is 0 Å². The third-order valence-corrected chi connectivity index (χ3v) is 2.82. The maximum Gasteiger partial charge on any atom is 0.328 e. The fraction of sp³-hybridized carbons (Fsp3) is 0.545. The molecule has 1 fully saturated rings. The number of amides is 1. The average molecular weight is 253 g/mol. The van der Waals surface area contributed by atoms with Gasteiger partial charge in [-0.3, -0.25) is 19.1 Å². The Labute approximate surface area is 103 Å². The smallest absolute Gasteiger partial charge is 0.328 e. The number of nitrogens with one attached hydrogen (secondary N) is 2. The molecule has 0 bridgehead atoms. The van der Waals surface area contributed by atoms with E-state index in [-0.39, 0.29) is 12.5 Å². The summed E-state index contributed by atoms with van der Waals surface area (Å²) >= 11 is 0. The van der Waals surface area contributed by atoms with Crippen molar-refractivity contribution >= 4 is 5.91 Å². The standard InChI is InChI=1S/C11H15N3O4/c15-9-1-3-14(11(17)13-9)6-10(16)12-5-8-2-4-18-7-8/h1,3,8H,2,4-7H2,(H,12,16)(H,13,15,17)/t8-/m1/s1. The Kier molecular flexibility index (Phi) is 3.93. The largest absolute Gasteiger partial charge is 0.381 e. The summed E-state index contributed by atoms with van der Waals surface area (Å²) in [6, 6.07) is 1.21. The monoisotopic (exact) mass is 253 g/mol. The average Bonchev–Trinajstić information content (AvgIpc) is 2.83. The molecule has 1 atom stereocenters. The molecule has 1 aliphatic heterocycles. The molecule has 7 heteroatoms. The number of hydrogen-bond acceptors (Lipinski definition) is 4. The highest BCUT2D eigenvalue weighted by Crippen LogP contribution is 2.10. The summed E-state index contributed by atoms with van der Waals surface area (Å²) in [6.07, 6.45) is 2.25. The molecule has 18 heavy (non-hydrogen) atoms. The predicted octanol–water partition coefficient (Wildman–Crippen LogP) is -1.31. The molecule has 1 aromatic heterocycles. The van der Waals surface area contributed by atoms with E-state index in [1.54, 1.807) is 0 Å². The molecule has 0 aromatic carbocycles. The number of hydrogen-bond donors (Lipinski definition) is 2. The van der Waals surface area contributed by atoms with Gasteiger partial charge in [-0.2, -0.15) is 0 Å². The molecule has 0 unspecified atom stereocenters. The van der Waals surface area contributed by atoms with Crippen LogP contribution in [0.25, 0.3) is 0 Å². The fourth-order valence-electron chi connectivity index (χ4n) is 1.78. The van der Waals surface area contributed by atoms with Gasteiger partial charge >= 0.3 is 5.69 Å². The minimum absolute atomic E-state index is 0.0941. The number of H-pyrrole nitrogens is 1. The molecule has 1 saturated heterocycles. The second-order valence-corrected chi connectivity index (χ2v) is 4.27. The zero-order valence-corrected chi connectivity index (χ0v) is 9.85. The first-order valence-corrected chi connectivity index (χ1v) is 5.79. The summed E-state index contributed by atoms with van der Waals surface area (Å²) in [5.41, 5.74) is -1.05. The van der Waals surface area contributed by atoms with E-state index in [2.05, 4.69) is 10.3 Å². The predicted molar refractivity (Wildman–Crippen MR) is 63.3 cm³/mol. The van der Waals surface area contributed by atoms with Gasteiger partial charge in [0.25, 0.3) is 5.56 Å². The first kappa shape index (κ1) is 12.6. The van der Waals surface area contributed by atoms with E-state index >= 15 is 0 Å².